The molecule has 0 unspecified atom stereocenters. The Labute approximate surface area is 194 Å². The second-order valence-electron chi connectivity index (χ2n) is 6.88. The van der Waals surface area contributed by atoms with Crippen LogP contribution in [0.4, 0.5) is 15.6 Å². The number of carbonyl (C=O) groups is 2. The molecule has 1 aromatic heterocycles. The Kier molecular flexibility index (Phi) is 7.84. The average molecular weight is 478 g/mol. The lowest BCUT2D eigenvalue weighted by molar-refractivity contribution is -0.119. The maximum Gasteiger partial charge on any atom is 0.319 e. The van der Waals surface area contributed by atoms with Gasteiger partial charge in [-0.25, -0.2) is 4.79 Å². The van der Waals surface area contributed by atoms with E-state index in [0.717, 1.165) is 5.56 Å². The third-order valence-electron chi connectivity index (χ3n) is 4.63. The van der Waals surface area contributed by atoms with E-state index in [-0.39, 0.29) is 11.8 Å². The first-order valence-electron chi connectivity index (χ1n) is 9.59. The first kappa shape index (κ1) is 23.0. The molecule has 10 heteroatoms. The van der Waals surface area contributed by atoms with Crippen LogP contribution < -0.4 is 16.0 Å². The number of nitrogens with zero attached hydrogens (tertiary/aromatic N) is 2. The first-order valence-corrected chi connectivity index (χ1v) is 11.2. The molecule has 31 heavy (non-hydrogen) atoms. The van der Waals surface area contributed by atoms with E-state index in [1.165, 1.54) is 11.3 Å². The monoisotopic (exact) mass is 477 g/mol. The summed E-state index contributed by atoms with van der Waals surface area (Å²) < 4.78 is 0. The van der Waals surface area contributed by atoms with Crippen LogP contribution in [0.5, 0.6) is 0 Å². The largest absolute Gasteiger partial charge is 0.326 e. The number of hydrogen-bond acceptors (Lipinski definition) is 5. The molecule has 3 aromatic rings. The maximum atomic E-state index is 12.9. The van der Waals surface area contributed by atoms with Crippen molar-refractivity contribution in [2.45, 2.75) is 26.3 Å². The van der Waals surface area contributed by atoms with Gasteiger partial charge in [-0.1, -0.05) is 66.9 Å². The SMILES string of the molecule is CC[C@H](C)[C@H](NC(=O)Nc1ccc(Cl)cc1)C(=O)Nc1nnc(-c2ccc(Cl)cc2)s1. The van der Waals surface area contributed by atoms with Crippen LogP contribution in [0.1, 0.15) is 20.3 Å². The van der Waals surface area contributed by atoms with E-state index in [2.05, 4.69) is 26.1 Å². The summed E-state index contributed by atoms with van der Waals surface area (Å²) in [5, 5.41) is 18.6. The van der Waals surface area contributed by atoms with Crippen molar-refractivity contribution >= 4 is 57.3 Å². The lowest BCUT2D eigenvalue weighted by Gasteiger charge is -2.23. The number of amides is 3. The Hall–Kier alpha value is -2.68. The normalized spacial score (nSPS) is 12.6. The average Bonchev–Trinajstić information content (AvgIpc) is 3.22. The fourth-order valence-electron chi connectivity index (χ4n) is 2.71. The first-order chi connectivity index (χ1) is 14.9. The highest BCUT2D eigenvalue weighted by Crippen LogP contribution is 2.27. The number of urea groups is 1. The zero-order chi connectivity index (χ0) is 22.4. The Balaban J connectivity index is 1.66. The molecule has 7 nitrogen and oxygen atoms in total. The molecule has 1 heterocycles. The fraction of sp³-hybridized carbons (Fsp3) is 0.238. The van der Waals surface area contributed by atoms with E-state index >= 15 is 0 Å². The molecule has 3 amide bonds. The predicted octanol–water partition coefficient (Wildman–Crippen LogP) is 5.69. The van der Waals surface area contributed by atoms with Gasteiger partial charge in [0.05, 0.1) is 0 Å². The molecule has 0 radical (unpaired) electrons. The Morgan fingerprint density at radius 3 is 2.19 bits per heavy atom. The summed E-state index contributed by atoms with van der Waals surface area (Å²) in [6, 6.07) is 12.7. The van der Waals surface area contributed by atoms with Gasteiger partial charge in [-0.3, -0.25) is 10.1 Å². The molecule has 0 bridgehead atoms. The summed E-state index contributed by atoms with van der Waals surface area (Å²) >= 11 is 13.0. The number of aromatic nitrogens is 2. The molecular weight excluding hydrogens is 457 g/mol. The maximum absolute atomic E-state index is 12.9. The topological polar surface area (TPSA) is 96.0 Å². The van der Waals surface area contributed by atoms with E-state index in [1.54, 1.807) is 36.4 Å². The van der Waals surface area contributed by atoms with Crippen molar-refractivity contribution in [3.63, 3.8) is 0 Å². The Morgan fingerprint density at radius 1 is 0.968 bits per heavy atom. The van der Waals surface area contributed by atoms with Crippen LogP contribution in [0.2, 0.25) is 10.0 Å². The van der Waals surface area contributed by atoms with Gasteiger partial charge in [0.15, 0.2) is 0 Å². The molecule has 0 saturated carbocycles. The summed E-state index contributed by atoms with van der Waals surface area (Å²) in [5.41, 5.74) is 1.42. The smallest absolute Gasteiger partial charge is 0.319 e. The van der Waals surface area contributed by atoms with Crippen molar-refractivity contribution in [3.8, 4) is 10.6 Å². The molecule has 0 fully saturated rings. The number of benzene rings is 2. The van der Waals surface area contributed by atoms with E-state index in [0.29, 0.717) is 32.3 Å². The van der Waals surface area contributed by atoms with Gasteiger partial charge in [-0.2, -0.15) is 0 Å². The molecule has 162 valence electrons. The molecular formula is C21H21Cl2N5O2S. The quantitative estimate of drug-likeness (QED) is 0.407. The van der Waals surface area contributed by atoms with Crippen molar-refractivity contribution in [1.29, 1.82) is 0 Å². The lowest BCUT2D eigenvalue weighted by atomic mass is 9.98. The third-order valence-corrected chi connectivity index (χ3v) is 6.02. The summed E-state index contributed by atoms with van der Waals surface area (Å²) in [5.74, 6) is -0.459. The van der Waals surface area contributed by atoms with E-state index in [1.807, 2.05) is 26.0 Å². The van der Waals surface area contributed by atoms with Gasteiger partial charge in [0.1, 0.15) is 11.0 Å². The van der Waals surface area contributed by atoms with Crippen LogP contribution in [0.15, 0.2) is 48.5 Å². The number of rotatable bonds is 7. The van der Waals surface area contributed by atoms with Gasteiger partial charge in [-0.05, 0) is 42.3 Å². The van der Waals surface area contributed by atoms with Gasteiger partial charge < -0.3 is 10.6 Å². The van der Waals surface area contributed by atoms with Gasteiger partial charge in [0.2, 0.25) is 11.0 Å². The summed E-state index contributed by atoms with van der Waals surface area (Å²) in [7, 11) is 0. The van der Waals surface area contributed by atoms with Crippen molar-refractivity contribution in [1.82, 2.24) is 15.5 Å². The molecule has 0 aliphatic rings. The lowest BCUT2D eigenvalue weighted by Crippen LogP contribution is -2.49. The van der Waals surface area contributed by atoms with E-state index in [9.17, 15) is 9.59 Å². The molecule has 0 aliphatic carbocycles. The molecule has 0 saturated heterocycles. The highest BCUT2D eigenvalue weighted by Gasteiger charge is 2.27. The number of halogens is 2. The van der Waals surface area contributed by atoms with Gasteiger partial charge >= 0.3 is 6.03 Å². The molecule has 3 N–H and O–H groups in total. The van der Waals surface area contributed by atoms with Gasteiger partial charge in [0.25, 0.3) is 0 Å². The summed E-state index contributed by atoms with van der Waals surface area (Å²) in [4.78, 5) is 25.3. The highest BCUT2D eigenvalue weighted by molar-refractivity contribution is 7.18. The predicted molar refractivity (Wildman–Crippen MR) is 126 cm³/mol. The number of hydrogen-bond donors (Lipinski definition) is 3. The van der Waals surface area contributed by atoms with Crippen LogP contribution in [-0.4, -0.2) is 28.2 Å². The van der Waals surface area contributed by atoms with Crippen LogP contribution in [0, 0.1) is 5.92 Å². The van der Waals surface area contributed by atoms with Crippen LogP contribution in [-0.2, 0) is 4.79 Å². The molecule has 3 rings (SSSR count). The molecule has 0 spiro atoms. The second-order valence-corrected chi connectivity index (χ2v) is 8.73. The minimum absolute atomic E-state index is 0.0976. The standard InChI is InChI=1S/C21H21Cl2N5O2S/c1-3-12(2)17(25-20(30)24-16-10-8-15(23)9-11-16)18(29)26-21-28-27-19(31-21)13-4-6-14(22)7-5-13/h4-12,17H,3H2,1-2H3,(H2,24,25,30)(H,26,28,29)/t12-,17-/m0/s1. The van der Waals surface area contributed by atoms with Gasteiger partial charge in [0, 0.05) is 21.3 Å². The number of nitrogens with one attached hydrogen (secondary N) is 3. The summed E-state index contributed by atoms with van der Waals surface area (Å²) in [6.07, 6.45) is 0.700. The highest BCUT2D eigenvalue weighted by atomic mass is 35.5. The summed E-state index contributed by atoms with van der Waals surface area (Å²) in [6.45, 7) is 3.85. The van der Waals surface area contributed by atoms with Crippen LogP contribution in [0.25, 0.3) is 10.6 Å². The van der Waals surface area contributed by atoms with Crippen molar-refractivity contribution in [2.24, 2.45) is 5.92 Å². The van der Waals surface area contributed by atoms with Gasteiger partial charge in [-0.15, -0.1) is 10.2 Å². The minimum Gasteiger partial charge on any atom is -0.326 e. The van der Waals surface area contributed by atoms with E-state index < -0.39 is 12.1 Å². The second kappa shape index (κ2) is 10.6. The third kappa shape index (κ3) is 6.40. The van der Waals surface area contributed by atoms with Crippen LogP contribution >= 0.6 is 34.5 Å². The fourth-order valence-corrected chi connectivity index (χ4v) is 3.71. The zero-order valence-electron chi connectivity index (χ0n) is 16.9. The Morgan fingerprint density at radius 2 is 1.58 bits per heavy atom. The van der Waals surface area contributed by atoms with Crippen molar-refractivity contribution in [3.05, 3.63) is 58.6 Å². The zero-order valence-corrected chi connectivity index (χ0v) is 19.2. The minimum atomic E-state index is -0.750. The number of carbonyl (C=O) groups excluding carboxylic acids is 2. The van der Waals surface area contributed by atoms with E-state index in [4.69, 9.17) is 23.2 Å². The molecule has 0 aliphatic heterocycles. The van der Waals surface area contributed by atoms with Crippen molar-refractivity contribution in [2.75, 3.05) is 10.6 Å². The van der Waals surface area contributed by atoms with Crippen molar-refractivity contribution < 1.29 is 9.59 Å². The number of anilines is 2. The molecule has 2 atom stereocenters. The molecule has 2 aromatic carbocycles. The van der Waals surface area contributed by atoms with Crippen LogP contribution in [0.3, 0.4) is 0 Å². The Bertz CT molecular complexity index is 1040.